The van der Waals surface area contributed by atoms with Gasteiger partial charge in [-0.15, -0.1) is 0 Å². The third-order valence-electron chi connectivity index (χ3n) is 9.05. The minimum atomic E-state index is -4.01. The molecule has 0 radical (unpaired) electrons. The highest BCUT2D eigenvalue weighted by atomic mass is 32.2. The van der Waals surface area contributed by atoms with Crippen molar-refractivity contribution < 1.29 is 42.5 Å². The van der Waals surface area contributed by atoms with Crippen LogP contribution in [-0.4, -0.2) is 84.6 Å². The molecule has 4 N–H and O–H groups in total. The highest BCUT2D eigenvalue weighted by molar-refractivity contribution is 7.89. The number of carboxylic acids is 1. The van der Waals surface area contributed by atoms with Crippen LogP contribution in [0.3, 0.4) is 0 Å². The molecule has 0 spiro atoms. The van der Waals surface area contributed by atoms with Crippen molar-refractivity contribution in [3.63, 3.8) is 0 Å². The molecule has 2 saturated heterocycles. The van der Waals surface area contributed by atoms with E-state index < -0.39 is 52.1 Å². The molecule has 0 saturated carbocycles. The summed E-state index contributed by atoms with van der Waals surface area (Å²) in [6.07, 6.45) is -1.07. The van der Waals surface area contributed by atoms with Crippen LogP contribution in [0.5, 0.6) is 0 Å². The summed E-state index contributed by atoms with van der Waals surface area (Å²) in [6.45, 7) is 3.18. The number of aliphatic carboxylic acids is 1. The van der Waals surface area contributed by atoms with Gasteiger partial charge in [0.15, 0.2) is 0 Å². The first-order chi connectivity index (χ1) is 24.0. The lowest BCUT2D eigenvalue weighted by molar-refractivity contribution is -0.144. The van der Waals surface area contributed by atoms with Crippen LogP contribution in [0.1, 0.15) is 42.4 Å². The number of hydrogen-bond acceptors (Lipinski definition) is 9. The number of rotatable bonds is 12. The third kappa shape index (κ3) is 8.74. The topological polar surface area (TPSA) is 183 Å². The number of nitrogens with one attached hydrogen (secondary N) is 2. The summed E-state index contributed by atoms with van der Waals surface area (Å²) in [5, 5.41) is 26.5. The zero-order chi connectivity index (χ0) is 35.8. The number of carboxylic acid groups (broad SMARTS) is 1. The normalized spacial score (nSPS) is 18.2. The Bertz CT molecular complexity index is 1760. The Morgan fingerprint density at radius 3 is 2.24 bits per heavy atom. The molecule has 5 rings (SSSR count). The molecule has 2 aliphatic rings. The fourth-order valence-electron chi connectivity index (χ4n) is 6.23. The summed E-state index contributed by atoms with van der Waals surface area (Å²) in [4.78, 5) is 53.3. The largest absolute Gasteiger partial charge is 0.480 e. The third-order valence-corrected chi connectivity index (χ3v) is 11.0. The van der Waals surface area contributed by atoms with Crippen molar-refractivity contribution in [3.8, 4) is 0 Å². The molecule has 2 aliphatic heterocycles. The zero-order valence-electron chi connectivity index (χ0n) is 27.7. The van der Waals surface area contributed by atoms with Gasteiger partial charge in [0.25, 0.3) is 5.91 Å². The molecule has 13 nitrogen and oxygen atoms in total. The summed E-state index contributed by atoms with van der Waals surface area (Å²) < 4.78 is 33.3. The standard InChI is InChI=1S/C36H42N4O9S/c1-24-9-15-29(16-10-24)50(47,48)39-21-5-8-31(39)32(41)33(42)38-30(35(44)45)22-25-11-13-28(14-12-25)40(34(43)27-17-19-37-20-18-27)36(46)49-23-26-6-3-2-4-7-26/h2-4,6-7,9-16,27,30-32,37,41H,5,8,17-23H2,1H3,(H,38,42)(H,44,45)/t30-,31-,32?/m0/s1. The minimum absolute atomic E-state index is 0.0316. The molecule has 14 heteroatoms. The number of sulfonamides is 1. The lowest BCUT2D eigenvalue weighted by Crippen LogP contribution is -2.53. The van der Waals surface area contributed by atoms with Crippen LogP contribution in [0, 0.1) is 12.8 Å². The number of carbonyl (C=O) groups is 4. The molecule has 1 unspecified atom stereocenters. The molecule has 3 aromatic carbocycles. The number of nitrogens with zero attached hydrogens (tertiary/aromatic N) is 2. The van der Waals surface area contributed by atoms with E-state index in [4.69, 9.17) is 4.74 Å². The van der Waals surface area contributed by atoms with Crippen LogP contribution in [0.25, 0.3) is 0 Å². The number of anilines is 1. The highest BCUT2D eigenvalue weighted by Gasteiger charge is 2.42. The van der Waals surface area contributed by atoms with Gasteiger partial charge in [-0.1, -0.05) is 60.2 Å². The van der Waals surface area contributed by atoms with E-state index in [1.165, 1.54) is 24.3 Å². The number of ether oxygens (including phenoxy) is 1. The molecule has 0 aromatic heterocycles. The molecule has 0 aliphatic carbocycles. The minimum Gasteiger partial charge on any atom is -0.480 e. The Hall–Kier alpha value is -4.63. The molecule has 3 atom stereocenters. The Morgan fingerprint density at radius 2 is 1.60 bits per heavy atom. The maximum absolute atomic E-state index is 13.6. The molecule has 3 amide bonds. The number of piperidine rings is 1. The van der Waals surface area contributed by atoms with E-state index in [9.17, 15) is 37.8 Å². The molecular weight excluding hydrogens is 664 g/mol. The van der Waals surface area contributed by atoms with Gasteiger partial charge >= 0.3 is 12.1 Å². The molecular formula is C36H42N4O9S. The molecule has 2 heterocycles. The number of hydrogen-bond donors (Lipinski definition) is 4. The second-order valence-corrected chi connectivity index (χ2v) is 14.5. The van der Waals surface area contributed by atoms with E-state index in [1.807, 2.05) is 25.1 Å². The Balaban J connectivity index is 1.27. The van der Waals surface area contributed by atoms with Crippen molar-refractivity contribution >= 4 is 39.6 Å². The number of benzene rings is 3. The second-order valence-electron chi connectivity index (χ2n) is 12.6. The van der Waals surface area contributed by atoms with Crippen LogP contribution in [0.2, 0.25) is 0 Å². The maximum Gasteiger partial charge on any atom is 0.421 e. The Labute approximate surface area is 291 Å². The first-order valence-electron chi connectivity index (χ1n) is 16.6. The molecule has 50 heavy (non-hydrogen) atoms. The van der Waals surface area contributed by atoms with Gasteiger partial charge in [-0.3, -0.25) is 9.59 Å². The molecule has 0 bridgehead atoms. The van der Waals surface area contributed by atoms with Gasteiger partial charge in [0.1, 0.15) is 18.8 Å². The summed E-state index contributed by atoms with van der Waals surface area (Å²) >= 11 is 0. The number of aryl methyl sites for hydroxylation is 1. The average molecular weight is 707 g/mol. The summed E-state index contributed by atoms with van der Waals surface area (Å²) in [5.74, 6) is -3.16. The van der Waals surface area contributed by atoms with Crippen molar-refractivity contribution in [3.05, 3.63) is 95.6 Å². The Morgan fingerprint density at radius 1 is 0.940 bits per heavy atom. The fourth-order valence-corrected chi connectivity index (χ4v) is 7.93. The smallest absolute Gasteiger partial charge is 0.421 e. The first kappa shape index (κ1) is 36.6. The van der Waals surface area contributed by atoms with Crippen molar-refractivity contribution in [2.24, 2.45) is 5.92 Å². The SMILES string of the molecule is Cc1ccc(S(=O)(=O)N2CCC[C@H]2C(O)C(=O)N[C@@H](Cc2ccc(N(C(=O)OCc3ccccc3)C(=O)C3CCNCC3)cc2)C(=O)O)cc1. The number of amides is 3. The van der Waals surface area contributed by atoms with Crippen LogP contribution >= 0.6 is 0 Å². The predicted octanol–water partition coefficient (Wildman–Crippen LogP) is 2.99. The van der Waals surface area contributed by atoms with Gasteiger partial charge in [-0.05, 0) is 81.1 Å². The van der Waals surface area contributed by atoms with E-state index in [2.05, 4.69) is 10.6 Å². The summed E-state index contributed by atoms with van der Waals surface area (Å²) in [5.41, 5.74) is 2.34. The molecule has 2 fully saturated rings. The van der Waals surface area contributed by atoms with E-state index in [0.29, 0.717) is 37.9 Å². The lowest BCUT2D eigenvalue weighted by Gasteiger charge is -2.28. The van der Waals surface area contributed by atoms with Gasteiger partial charge in [0.05, 0.1) is 16.6 Å². The van der Waals surface area contributed by atoms with Crippen molar-refractivity contribution in [2.45, 2.75) is 68.7 Å². The van der Waals surface area contributed by atoms with Crippen LogP contribution in [-0.2, 0) is 42.2 Å². The van der Waals surface area contributed by atoms with Crippen molar-refractivity contribution in [1.29, 1.82) is 0 Å². The van der Waals surface area contributed by atoms with Gasteiger partial charge in [0, 0.05) is 18.9 Å². The second kappa shape index (κ2) is 16.4. The quantitative estimate of drug-likeness (QED) is 0.219. The first-order valence-corrected chi connectivity index (χ1v) is 18.0. The average Bonchev–Trinajstić information content (AvgIpc) is 3.63. The zero-order valence-corrected chi connectivity index (χ0v) is 28.6. The van der Waals surface area contributed by atoms with Crippen LogP contribution in [0.4, 0.5) is 10.5 Å². The van der Waals surface area contributed by atoms with E-state index in [-0.39, 0.29) is 42.5 Å². The van der Waals surface area contributed by atoms with E-state index >= 15 is 0 Å². The number of imide groups is 1. The summed E-state index contributed by atoms with van der Waals surface area (Å²) in [7, 11) is -4.01. The van der Waals surface area contributed by atoms with Gasteiger partial charge in [0.2, 0.25) is 15.9 Å². The van der Waals surface area contributed by atoms with Gasteiger partial charge < -0.3 is 25.6 Å². The molecule has 266 valence electrons. The monoisotopic (exact) mass is 706 g/mol. The van der Waals surface area contributed by atoms with Gasteiger partial charge in [-0.25, -0.2) is 22.9 Å². The maximum atomic E-state index is 13.6. The fraction of sp³-hybridized carbons (Fsp3) is 0.389. The highest BCUT2D eigenvalue weighted by Crippen LogP contribution is 2.29. The number of aliphatic hydroxyl groups excluding tert-OH is 1. The summed E-state index contributed by atoms with van der Waals surface area (Å²) in [6, 6.07) is 18.9. The lowest BCUT2D eigenvalue weighted by atomic mass is 9.96. The molecule has 3 aromatic rings. The van der Waals surface area contributed by atoms with Crippen molar-refractivity contribution in [1.82, 2.24) is 14.9 Å². The van der Waals surface area contributed by atoms with Crippen LogP contribution in [0.15, 0.2) is 83.8 Å². The van der Waals surface area contributed by atoms with Crippen molar-refractivity contribution in [2.75, 3.05) is 24.5 Å². The Kier molecular flexibility index (Phi) is 12.0. The number of carbonyl (C=O) groups excluding carboxylic acids is 3. The van der Waals surface area contributed by atoms with Gasteiger partial charge in [-0.2, -0.15) is 4.31 Å². The van der Waals surface area contributed by atoms with Crippen LogP contribution < -0.4 is 15.5 Å². The van der Waals surface area contributed by atoms with E-state index in [0.717, 1.165) is 20.3 Å². The predicted molar refractivity (Wildman–Crippen MR) is 184 cm³/mol. The van der Waals surface area contributed by atoms with E-state index in [1.54, 1.807) is 36.4 Å². The number of aliphatic hydroxyl groups is 1.